The van der Waals surface area contributed by atoms with E-state index in [0.29, 0.717) is 23.6 Å². The molecule has 0 aliphatic carbocycles. The molecule has 2 aromatic carbocycles. The van der Waals surface area contributed by atoms with Gasteiger partial charge in [-0.25, -0.2) is 4.39 Å². The van der Waals surface area contributed by atoms with Gasteiger partial charge in [0.1, 0.15) is 11.6 Å². The summed E-state index contributed by atoms with van der Waals surface area (Å²) in [6, 6.07) is 14.3. The molecule has 0 fully saturated rings. The number of nitrogens with one attached hydrogen (secondary N) is 1. The molecule has 3 aromatic rings. The maximum absolute atomic E-state index is 14.1. The van der Waals surface area contributed by atoms with Crippen molar-refractivity contribution < 1.29 is 23.5 Å². The van der Waals surface area contributed by atoms with Crippen LogP contribution in [0.4, 0.5) is 10.1 Å². The van der Waals surface area contributed by atoms with Crippen LogP contribution in [0.25, 0.3) is 0 Å². The van der Waals surface area contributed by atoms with Crippen molar-refractivity contribution in [3.05, 3.63) is 81.8 Å². The van der Waals surface area contributed by atoms with Gasteiger partial charge in [0.15, 0.2) is 0 Å². The first-order valence-electron chi connectivity index (χ1n) is 10.1. The van der Waals surface area contributed by atoms with Gasteiger partial charge in [0, 0.05) is 35.8 Å². The summed E-state index contributed by atoms with van der Waals surface area (Å²) in [5, 5.41) is 4.86. The van der Waals surface area contributed by atoms with Gasteiger partial charge in [0.05, 0.1) is 25.7 Å². The number of nitrogens with zero attached hydrogens (tertiary/aromatic N) is 1. The Labute approximate surface area is 189 Å². The maximum Gasteiger partial charge on any atom is 0.254 e. The van der Waals surface area contributed by atoms with Crippen molar-refractivity contribution in [2.75, 3.05) is 32.7 Å². The van der Waals surface area contributed by atoms with Gasteiger partial charge in [0.2, 0.25) is 5.91 Å². The number of ether oxygens (including phenoxy) is 2. The number of halogens is 1. The Hall–Kier alpha value is -3.23. The topological polar surface area (TPSA) is 67.9 Å². The van der Waals surface area contributed by atoms with E-state index in [1.54, 1.807) is 43.4 Å². The van der Waals surface area contributed by atoms with Gasteiger partial charge in [-0.15, -0.1) is 11.3 Å². The summed E-state index contributed by atoms with van der Waals surface area (Å²) >= 11 is 1.47. The van der Waals surface area contributed by atoms with Crippen LogP contribution in [0.15, 0.2) is 60.0 Å². The highest BCUT2D eigenvalue weighted by atomic mass is 32.1. The molecule has 6 nitrogen and oxygen atoms in total. The summed E-state index contributed by atoms with van der Waals surface area (Å²) in [6.45, 7) is 0.569. The molecule has 8 heteroatoms. The predicted octanol–water partition coefficient (Wildman–Crippen LogP) is 4.46. The van der Waals surface area contributed by atoms with Crippen molar-refractivity contribution in [1.82, 2.24) is 4.90 Å². The average molecular weight is 455 g/mol. The van der Waals surface area contributed by atoms with E-state index in [0.717, 1.165) is 4.88 Å². The third-order valence-corrected chi connectivity index (χ3v) is 6.43. The van der Waals surface area contributed by atoms with Crippen LogP contribution in [0, 0.1) is 5.82 Å². The van der Waals surface area contributed by atoms with E-state index in [1.165, 1.54) is 29.5 Å². The number of hydrogen-bond donors (Lipinski definition) is 1. The Morgan fingerprint density at radius 3 is 2.72 bits per heavy atom. The van der Waals surface area contributed by atoms with Crippen molar-refractivity contribution in [3.63, 3.8) is 0 Å². The van der Waals surface area contributed by atoms with E-state index < -0.39 is 17.8 Å². The summed E-state index contributed by atoms with van der Waals surface area (Å²) in [5.74, 6) is -1.25. The van der Waals surface area contributed by atoms with Gasteiger partial charge in [0.25, 0.3) is 5.91 Å². The molecule has 0 saturated carbocycles. The molecule has 2 atom stereocenters. The molecule has 4 rings (SSSR count). The SMILES string of the molecule is COCCN1C(=O)c2cc(F)ccc2C(C(=O)Nc2cccc(OC)c2)C1c1cccs1. The number of amides is 2. The number of rotatable bonds is 7. The van der Waals surface area contributed by atoms with Crippen LogP contribution >= 0.6 is 11.3 Å². The van der Waals surface area contributed by atoms with Crippen molar-refractivity contribution in [3.8, 4) is 5.75 Å². The van der Waals surface area contributed by atoms with Crippen LogP contribution in [0.2, 0.25) is 0 Å². The van der Waals surface area contributed by atoms with Gasteiger partial charge in [-0.3, -0.25) is 9.59 Å². The zero-order valence-corrected chi connectivity index (χ0v) is 18.5. The number of thiophene rings is 1. The third kappa shape index (κ3) is 4.24. The maximum atomic E-state index is 14.1. The fourth-order valence-corrected chi connectivity index (χ4v) is 4.90. The largest absolute Gasteiger partial charge is 0.497 e. The van der Waals surface area contributed by atoms with E-state index in [4.69, 9.17) is 9.47 Å². The van der Waals surface area contributed by atoms with Crippen LogP contribution in [0.3, 0.4) is 0 Å². The minimum absolute atomic E-state index is 0.194. The molecular weight excluding hydrogens is 431 g/mol. The van der Waals surface area contributed by atoms with Gasteiger partial charge in [-0.05, 0) is 41.3 Å². The molecule has 0 saturated heterocycles. The zero-order chi connectivity index (χ0) is 22.7. The molecule has 2 unspecified atom stereocenters. The fraction of sp³-hybridized carbons (Fsp3) is 0.250. The fourth-order valence-electron chi connectivity index (χ4n) is 4.03. The summed E-state index contributed by atoms with van der Waals surface area (Å²) in [6.07, 6.45) is 0. The Morgan fingerprint density at radius 1 is 1.16 bits per heavy atom. The number of carbonyl (C=O) groups is 2. The number of carbonyl (C=O) groups excluding carboxylic acids is 2. The van der Waals surface area contributed by atoms with E-state index in [1.807, 2.05) is 17.5 Å². The molecule has 1 N–H and O–H groups in total. The number of benzene rings is 2. The highest BCUT2D eigenvalue weighted by Gasteiger charge is 2.44. The summed E-state index contributed by atoms with van der Waals surface area (Å²) in [7, 11) is 3.11. The Kier molecular flexibility index (Phi) is 6.53. The van der Waals surface area contributed by atoms with Gasteiger partial charge < -0.3 is 19.7 Å². The van der Waals surface area contributed by atoms with E-state index in [2.05, 4.69) is 5.32 Å². The number of anilines is 1. The quantitative estimate of drug-likeness (QED) is 0.572. The first-order valence-corrected chi connectivity index (χ1v) is 11.0. The molecule has 1 aliphatic heterocycles. The van der Waals surface area contributed by atoms with Crippen LogP contribution < -0.4 is 10.1 Å². The average Bonchev–Trinajstić information content (AvgIpc) is 3.33. The molecule has 166 valence electrons. The Balaban J connectivity index is 1.80. The lowest BCUT2D eigenvalue weighted by Gasteiger charge is -2.41. The highest BCUT2D eigenvalue weighted by Crippen LogP contribution is 2.44. The standard InChI is InChI=1S/C24H23FN2O4S/c1-30-11-10-27-22(20-7-4-12-32-20)21(18-9-8-15(25)13-19(18)24(27)29)23(28)26-16-5-3-6-17(14-16)31-2/h3-9,12-14,21-22H,10-11H2,1-2H3,(H,26,28). The molecule has 0 bridgehead atoms. The predicted molar refractivity (Wildman–Crippen MR) is 121 cm³/mol. The third-order valence-electron chi connectivity index (χ3n) is 5.48. The van der Waals surface area contributed by atoms with Crippen LogP contribution in [0.1, 0.15) is 32.8 Å². The molecule has 0 spiro atoms. The molecule has 0 radical (unpaired) electrons. The summed E-state index contributed by atoms with van der Waals surface area (Å²) in [5.41, 5.74) is 1.27. The minimum atomic E-state index is -0.731. The van der Waals surface area contributed by atoms with Crippen molar-refractivity contribution >= 4 is 28.8 Å². The Bertz CT molecular complexity index is 1120. The van der Waals surface area contributed by atoms with Crippen molar-refractivity contribution in [2.24, 2.45) is 0 Å². The van der Waals surface area contributed by atoms with Crippen molar-refractivity contribution in [1.29, 1.82) is 0 Å². The van der Waals surface area contributed by atoms with Crippen molar-refractivity contribution in [2.45, 2.75) is 12.0 Å². The van der Waals surface area contributed by atoms with Crippen LogP contribution in [-0.4, -0.2) is 44.1 Å². The molecule has 1 aromatic heterocycles. The van der Waals surface area contributed by atoms with Gasteiger partial charge >= 0.3 is 0 Å². The van der Waals surface area contributed by atoms with E-state index in [-0.39, 0.29) is 23.9 Å². The van der Waals surface area contributed by atoms with Gasteiger partial charge in [-0.2, -0.15) is 0 Å². The first kappa shape index (κ1) is 22.0. The van der Waals surface area contributed by atoms with Gasteiger partial charge in [-0.1, -0.05) is 18.2 Å². The van der Waals surface area contributed by atoms with Crippen LogP contribution in [-0.2, 0) is 9.53 Å². The lowest BCUT2D eigenvalue weighted by Crippen LogP contribution is -2.47. The highest BCUT2D eigenvalue weighted by molar-refractivity contribution is 7.10. The molecule has 1 aliphatic rings. The molecular formula is C24H23FN2O4S. The smallest absolute Gasteiger partial charge is 0.254 e. The minimum Gasteiger partial charge on any atom is -0.497 e. The first-order chi connectivity index (χ1) is 15.5. The molecule has 2 heterocycles. The summed E-state index contributed by atoms with van der Waals surface area (Å²) < 4.78 is 24.5. The number of hydrogen-bond acceptors (Lipinski definition) is 5. The monoisotopic (exact) mass is 454 g/mol. The second-order valence-corrected chi connectivity index (χ2v) is 8.36. The second-order valence-electron chi connectivity index (χ2n) is 7.38. The van der Waals surface area contributed by atoms with E-state index >= 15 is 0 Å². The number of methoxy groups -OCH3 is 2. The Morgan fingerprint density at radius 2 is 2.00 bits per heavy atom. The zero-order valence-electron chi connectivity index (χ0n) is 17.7. The molecule has 32 heavy (non-hydrogen) atoms. The number of fused-ring (bicyclic) bond motifs is 1. The van der Waals surface area contributed by atoms with E-state index in [9.17, 15) is 14.0 Å². The summed E-state index contributed by atoms with van der Waals surface area (Å²) in [4.78, 5) is 29.5. The normalized spacial score (nSPS) is 17.7. The lowest BCUT2D eigenvalue weighted by molar-refractivity contribution is -0.119. The lowest BCUT2D eigenvalue weighted by atomic mass is 9.81. The second kappa shape index (κ2) is 9.50. The van der Waals surface area contributed by atoms with Crippen LogP contribution in [0.5, 0.6) is 5.75 Å². The molecule has 2 amide bonds.